The molecule has 1 heterocycles. The molecule has 2 rings (SSSR count). The molecule has 0 radical (unpaired) electrons. The van der Waals surface area contributed by atoms with Gasteiger partial charge in [-0.25, -0.2) is 0 Å². The van der Waals surface area contributed by atoms with Gasteiger partial charge < -0.3 is 5.32 Å². The lowest BCUT2D eigenvalue weighted by Crippen LogP contribution is -2.53. The lowest BCUT2D eigenvalue weighted by molar-refractivity contribution is 0.130. The minimum absolute atomic E-state index is 0.752. The van der Waals surface area contributed by atoms with Crippen LogP contribution in [0.3, 0.4) is 0 Å². The maximum absolute atomic E-state index is 3.61. The van der Waals surface area contributed by atoms with Crippen LogP contribution in [-0.2, 0) is 0 Å². The Morgan fingerprint density at radius 3 is 2.53 bits per heavy atom. The smallest absolute Gasteiger partial charge is 0.0193 e. The Kier molecular flexibility index (Phi) is 4.45. The highest BCUT2D eigenvalue weighted by Crippen LogP contribution is 2.22. The molecule has 1 aliphatic heterocycles. The van der Waals surface area contributed by atoms with Crippen LogP contribution in [0.2, 0.25) is 0 Å². The van der Waals surface area contributed by atoms with Crippen LogP contribution in [0.1, 0.15) is 51.9 Å². The minimum atomic E-state index is 0.752. The molecule has 1 saturated carbocycles. The summed E-state index contributed by atoms with van der Waals surface area (Å²) >= 11 is 0. The van der Waals surface area contributed by atoms with E-state index in [-0.39, 0.29) is 0 Å². The van der Waals surface area contributed by atoms with E-state index in [1.807, 2.05) is 0 Å². The average Bonchev–Trinajstić information content (AvgIpc) is 2.58. The predicted octanol–water partition coefficient (Wildman–Crippen LogP) is 2.39. The number of rotatable bonds is 2. The molecule has 0 amide bonds. The largest absolute Gasteiger partial charge is 0.311 e. The summed E-state index contributed by atoms with van der Waals surface area (Å²) in [6, 6.07) is 1.66. The zero-order chi connectivity index (χ0) is 10.5. The van der Waals surface area contributed by atoms with Gasteiger partial charge in [0, 0.05) is 31.7 Å². The van der Waals surface area contributed by atoms with E-state index in [9.17, 15) is 0 Å². The van der Waals surface area contributed by atoms with Gasteiger partial charge in [-0.05, 0) is 19.3 Å². The van der Waals surface area contributed by atoms with E-state index >= 15 is 0 Å². The standard InChI is InChI=1S/C13H26N2/c1-2-12-11-15(10-9-14-12)13-7-5-3-4-6-8-13/h12-14H,2-11H2,1H3. The first-order valence-electron chi connectivity index (χ1n) is 6.87. The van der Waals surface area contributed by atoms with Gasteiger partial charge in [0.1, 0.15) is 0 Å². The maximum Gasteiger partial charge on any atom is 0.0193 e. The maximum atomic E-state index is 3.61. The molecule has 1 unspecified atom stereocenters. The zero-order valence-electron chi connectivity index (χ0n) is 10.2. The van der Waals surface area contributed by atoms with Gasteiger partial charge in [0.2, 0.25) is 0 Å². The molecular formula is C13H26N2. The zero-order valence-corrected chi connectivity index (χ0v) is 10.2. The Bertz CT molecular complexity index is 173. The first-order chi connectivity index (χ1) is 7.40. The molecule has 0 bridgehead atoms. The minimum Gasteiger partial charge on any atom is -0.311 e. The van der Waals surface area contributed by atoms with Crippen molar-refractivity contribution in [3.8, 4) is 0 Å². The van der Waals surface area contributed by atoms with Gasteiger partial charge >= 0.3 is 0 Å². The van der Waals surface area contributed by atoms with Crippen molar-refractivity contribution in [2.45, 2.75) is 64.0 Å². The molecule has 0 spiro atoms. The van der Waals surface area contributed by atoms with Crippen LogP contribution >= 0.6 is 0 Å². The fraction of sp³-hybridized carbons (Fsp3) is 1.00. The second-order valence-corrected chi connectivity index (χ2v) is 5.20. The summed E-state index contributed by atoms with van der Waals surface area (Å²) in [7, 11) is 0. The summed E-state index contributed by atoms with van der Waals surface area (Å²) in [6.07, 6.45) is 10.1. The Morgan fingerprint density at radius 2 is 1.87 bits per heavy atom. The number of nitrogens with one attached hydrogen (secondary N) is 1. The van der Waals surface area contributed by atoms with Crippen molar-refractivity contribution >= 4 is 0 Å². The number of hydrogen-bond donors (Lipinski definition) is 1. The Hall–Kier alpha value is -0.0800. The fourth-order valence-electron chi connectivity index (χ4n) is 3.08. The van der Waals surface area contributed by atoms with Crippen molar-refractivity contribution in [3.05, 3.63) is 0 Å². The van der Waals surface area contributed by atoms with E-state index < -0.39 is 0 Å². The first-order valence-corrected chi connectivity index (χ1v) is 6.87. The second kappa shape index (κ2) is 5.86. The third-order valence-electron chi connectivity index (χ3n) is 4.12. The van der Waals surface area contributed by atoms with E-state index in [2.05, 4.69) is 17.1 Å². The van der Waals surface area contributed by atoms with Crippen LogP contribution in [0.5, 0.6) is 0 Å². The highest BCUT2D eigenvalue weighted by atomic mass is 15.2. The summed E-state index contributed by atoms with van der Waals surface area (Å²) in [6.45, 7) is 6.07. The first kappa shape index (κ1) is 11.4. The normalized spacial score (nSPS) is 31.4. The molecular weight excluding hydrogens is 184 g/mol. The van der Waals surface area contributed by atoms with E-state index in [0.717, 1.165) is 12.1 Å². The highest BCUT2D eigenvalue weighted by molar-refractivity contribution is 4.83. The molecule has 0 aromatic rings. The van der Waals surface area contributed by atoms with Crippen LogP contribution in [0, 0.1) is 0 Å². The van der Waals surface area contributed by atoms with Gasteiger partial charge in [-0.1, -0.05) is 32.6 Å². The molecule has 1 atom stereocenters. The highest BCUT2D eigenvalue weighted by Gasteiger charge is 2.24. The van der Waals surface area contributed by atoms with Crippen molar-refractivity contribution in [2.75, 3.05) is 19.6 Å². The van der Waals surface area contributed by atoms with Crippen LogP contribution in [-0.4, -0.2) is 36.6 Å². The van der Waals surface area contributed by atoms with Crippen LogP contribution in [0.15, 0.2) is 0 Å². The van der Waals surface area contributed by atoms with Gasteiger partial charge in [0.15, 0.2) is 0 Å². The molecule has 1 N–H and O–H groups in total. The van der Waals surface area contributed by atoms with Gasteiger partial charge in [0.05, 0.1) is 0 Å². The molecule has 2 heteroatoms. The van der Waals surface area contributed by atoms with Gasteiger partial charge in [-0.15, -0.1) is 0 Å². The van der Waals surface area contributed by atoms with Crippen molar-refractivity contribution in [1.82, 2.24) is 10.2 Å². The van der Waals surface area contributed by atoms with Crippen molar-refractivity contribution in [2.24, 2.45) is 0 Å². The molecule has 2 nitrogen and oxygen atoms in total. The number of nitrogens with zero attached hydrogens (tertiary/aromatic N) is 1. The summed E-state index contributed by atoms with van der Waals surface area (Å²) in [5.74, 6) is 0. The Morgan fingerprint density at radius 1 is 1.13 bits per heavy atom. The van der Waals surface area contributed by atoms with Gasteiger partial charge in [-0.2, -0.15) is 0 Å². The molecule has 1 saturated heterocycles. The molecule has 88 valence electrons. The third kappa shape index (κ3) is 3.18. The number of piperazine rings is 1. The monoisotopic (exact) mass is 210 g/mol. The van der Waals surface area contributed by atoms with Crippen molar-refractivity contribution in [1.29, 1.82) is 0 Å². The lowest BCUT2D eigenvalue weighted by Gasteiger charge is -2.38. The third-order valence-corrected chi connectivity index (χ3v) is 4.12. The van der Waals surface area contributed by atoms with Crippen molar-refractivity contribution in [3.63, 3.8) is 0 Å². The van der Waals surface area contributed by atoms with E-state index in [0.29, 0.717) is 0 Å². The summed E-state index contributed by atoms with van der Waals surface area (Å²) in [5, 5.41) is 3.61. The molecule has 0 aromatic carbocycles. The average molecular weight is 210 g/mol. The lowest BCUT2D eigenvalue weighted by atomic mass is 10.0. The molecule has 15 heavy (non-hydrogen) atoms. The predicted molar refractivity (Wildman–Crippen MR) is 65.1 cm³/mol. The molecule has 0 aromatic heterocycles. The van der Waals surface area contributed by atoms with E-state index in [1.165, 1.54) is 64.6 Å². The van der Waals surface area contributed by atoms with Crippen molar-refractivity contribution < 1.29 is 0 Å². The molecule has 1 aliphatic carbocycles. The van der Waals surface area contributed by atoms with E-state index in [4.69, 9.17) is 0 Å². The van der Waals surface area contributed by atoms with Crippen LogP contribution in [0.25, 0.3) is 0 Å². The Labute approximate surface area is 94.4 Å². The topological polar surface area (TPSA) is 15.3 Å². The Balaban J connectivity index is 1.84. The van der Waals surface area contributed by atoms with Gasteiger partial charge in [-0.3, -0.25) is 4.90 Å². The van der Waals surface area contributed by atoms with Gasteiger partial charge in [0.25, 0.3) is 0 Å². The summed E-state index contributed by atoms with van der Waals surface area (Å²) in [4.78, 5) is 2.76. The number of hydrogen-bond acceptors (Lipinski definition) is 2. The molecule has 2 fully saturated rings. The van der Waals surface area contributed by atoms with E-state index in [1.54, 1.807) is 0 Å². The fourth-order valence-corrected chi connectivity index (χ4v) is 3.08. The summed E-state index contributed by atoms with van der Waals surface area (Å²) in [5.41, 5.74) is 0. The summed E-state index contributed by atoms with van der Waals surface area (Å²) < 4.78 is 0. The SMILES string of the molecule is CCC1CN(C2CCCCCC2)CCN1. The molecule has 2 aliphatic rings. The van der Waals surface area contributed by atoms with Crippen LogP contribution in [0.4, 0.5) is 0 Å². The second-order valence-electron chi connectivity index (χ2n) is 5.20. The van der Waals surface area contributed by atoms with Crippen LogP contribution < -0.4 is 5.32 Å². The quantitative estimate of drug-likeness (QED) is 0.704.